The first-order valence-corrected chi connectivity index (χ1v) is 9.22. The Balaban J connectivity index is 2.18. The monoisotopic (exact) mass is 413 g/mol. The van der Waals surface area contributed by atoms with Crippen LogP contribution in [0.5, 0.6) is 17.2 Å². The highest BCUT2D eigenvalue weighted by atomic mass is 16.5. The summed E-state index contributed by atoms with van der Waals surface area (Å²) >= 11 is 0. The number of hydrogen-bond donors (Lipinski definition) is 2. The maximum absolute atomic E-state index is 12.8. The van der Waals surface area contributed by atoms with Crippen LogP contribution in [-0.2, 0) is 9.59 Å². The van der Waals surface area contributed by atoms with Gasteiger partial charge in [0.05, 0.1) is 39.6 Å². The lowest BCUT2D eigenvalue weighted by atomic mass is 9.95. The van der Waals surface area contributed by atoms with Crippen molar-refractivity contribution >= 4 is 17.4 Å². The molecule has 2 N–H and O–H groups in total. The number of hydrogen-bond acceptors (Lipinski definition) is 7. The molecule has 0 spiro atoms. The quantitative estimate of drug-likeness (QED) is 0.407. The van der Waals surface area contributed by atoms with Crippen molar-refractivity contribution < 1.29 is 34.0 Å². The number of methoxy groups -OCH3 is 3. The second-order valence-electron chi connectivity index (χ2n) is 6.56. The van der Waals surface area contributed by atoms with E-state index in [9.17, 15) is 19.8 Å². The highest BCUT2D eigenvalue weighted by Gasteiger charge is 2.46. The Morgan fingerprint density at radius 2 is 1.63 bits per heavy atom. The van der Waals surface area contributed by atoms with Crippen molar-refractivity contribution in [3.63, 3.8) is 0 Å². The molecule has 1 amide bonds. The highest BCUT2D eigenvalue weighted by molar-refractivity contribution is 6.46. The number of carbonyl (C=O) groups excluding carboxylic acids is 2. The standard InChI is InChI=1S/C22H23NO7/c1-28-15-7-4-13(5-8-15)20(25)18-19(23(10-11-24)22(27)21(18)26)14-6-9-16(29-2)17(12-14)30-3/h4-9,12,19,24-25H,10-11H2,1-3H3/b20-18+. The maximum atomic E-state index is 12.8. The van der Waals surface area contributed by atoms with E-state index in [-0.39, 0.29) is 24.5 Å². The predicted molar refractivity (Wildman–Crippen MR) is 109 cm³/mol. The molecule has 2 aromatic carbocycles. The second-order valence-corrected chi connectivity index (χ2v) is 6.56. The van der Waals surface area contributed by atoms with Gasteiger partial charge in [0.15, 0.2) is 11.5 Å². The van der Waals surface area contributed by atoms with E-state index in [2.05, 4.69) is 0 Å². The molecule has 1 fully saturated rings. The van der Waals surface area contributed by atoms with Crippen molar-refractivity contribution in [2.24, 2.45) is 0 Å². The van der Waals surface area contributed by atoms with Crippen LogP contribution in [0.25, 0.3) is 5.76 Å². The van der Waals surface area contributed by atoms with E-state index < -0.39 is 17.7 Å². The number of carbonyl (C=O) groups is 2. The third-order valence-electron chi connectivity index (χ3n) is 4.97. The summed E-state index contributed by atoms with van der Waals surface area (Å²) in [6.45, 7) is -0.400. The van der Waals surface area contributed by atoms with Crippen LogP contribution in [0, 0.1) is 0 Å². The lowest BCUT2D eigenvalue weighted by molar-refractivity contribution is -0.140. The SMILES string of the molecule is COc1ccc(/C(O)=C2\C(=O)C(=O)N(CCO)C2c2ccc(OC)c(OC)c2)cc1. The van der Waals surface area contributed by atoms with Gasteiger partial charge in [-0.3, -0.25) is 9.59 Å². The number of rotatable bonds is 7. The zero-order chi connectivity index (χ0) is 21.8. The fourth-order valence-electron chi connectivity index (χ4n) is 3.49. The molecule has 1 saturated heterocycles. The van der Waals surface area contributed by atoms with Gasteiger partial charge in [0.1, 0.15) is 11.5 Å². The smallest absolute Gasteiger partial charge is 0.295 e. The molecule has 30 heavy (non-hydrogen) atoms. The molecule has 1 heterocycles. The van der Waals surface area contributed by atoms with Gasteiger partial charge < -0.3 is 29.3 Å². The second kappa shape index (κ2) is 8.87. The van der Waals surface area contributed by atoms with Gasteiger partial charge >= 0.3 is 0 Å². The number of Topliss-reactive ketones (excluding diaryl/α,β-unsaturated/α-hetero) is 1. The minimum atomic E-state index is -0.890. The first kappa shape index (κ1) is 21.2. The molecule has 0 aromatic heterocycles. The Bertz CT molecular complexity index is 981. The molecule has 0 bridgehead atoms. The average molecular weight is 413 g/mol. The van der Waals surface area contributed by atoms with Crippen LogP contribution in [0.4, 0.5) is 0 Å². The van der Waals surface area contributed by atoms with Gasteiger partial charge in [-0.1, -0.05) is 6.07 Å². The van der Waals surface area contributed by atoms with E-state index in [1.54, 1.807) is 42.5 Å². The number of amides is 1. The number of β-amino-alcohol motifs (C(OH)–C–C–N with tert-alkyl or cyclic N) is 1. The predicted octanol–water partition coefficient (Wildman–Crippen LogP) is 2.13. The molecule has 8 heteroatoms. The Morgan fingerprint density at radius 1 is 0.967 bits per heavy atom. The third kappa shape index (κ3) is 3.69. The van der Waals surface area contributed by atoms with Crippen molar-refractivity contribution in [1.29, 1.82) is 0 Å². The van der Waals surface area contributed by atoms with E-state index in [0.717, 1.165) is 0 Å². The molecular formula is C22H23NO7. The fourth-order valence-corrected chi connectivity index (χ4v) is 3.49. The molecule has 0 radical (unpaired) electrons. The van der Waals surface area contributed by atoms with Crippen LogP contribution in [0.1, 0.15) is 17.2 Å². The van der Waals surface area contributed by atoms with Gasteiger partial charge in [-0.15, -0.1) is 0 Å². The molecule has 158 valence electrons. The number of likely N-dealkylation sites (tertiary alicyclic amines) is 1. The van der Waals surface area contributed by atoms with Crippen molar-refractivity contribution in [1.82, 2.24) is 4.90 Å². The van der Waals surface area contributed by atoms with Gasteiger partial charge in [-0.2, -0.15) is 0 Å². The molecule has 1 aliphatic rings. The Labute approximate surface area is 173 Å². The molecule has 1 aliphatic heterocycles. The van der Waals surface area contributed by atoms with Crippen LogP contribution >= 0.6 is 0 Å². The van der Waals surface area contributed by atoms with E-state index in [4.69, 9.17) is 14.2 Å². The summed E-state index contributed by atoms with van der Waals surface area (Å²) in [5.41, 5.74) is 0.837. The lowest BCUT2D eigenvalue weighted by Gasteiger charge is -2.25. The van der Waals surface area contributed by atoms with Crippen molar-refractivity contribution in [2.75, 3.05) is 34.5 Å². The minimum Gasteiger partial charge on any atom is -0.507 e. The Morgan fingerprint density at radius 3 is 2.20 bits per heavy atom. The van der Waals surface area contributed by atoms with Gasteiger partial charge in [0.25, 0.3) is 11.7 Å². The number of ketones is 1. The summed E-state index contributed by atoms with van der Waals surface area (Å²) in [5, 5.41) is 20.4. The van der Waals surface area contributed by atoms with Crippen molar-refractivity contribution in [3.8, 4) is 17.2 Å². The normalized spacial score (nSPS) is 17.9. The summed E-state index contributed by atoms with van der Waals surface area (Å²) in [4.78, 5) is 26.7. The third-order valence-corrected chi connectivity index (χ3v) is 4.97. The van der Waals surface area contributed by atoms with Crippen LogP contribution in [0.15, 0.2) is 48.0 Å². The fraction of sp³-hybridized carbons (Fsp3) is 0.273. The number of benzene rings is 2. The molecule has 0 aliphatic carbocycles. The Hall–Kier alpha value is -3.52. The van der Waals surface area contributed by atoms with Crippen molar-refractivity contribution in [2.45, 2.75) is 6.04 Å². The highest BCUT2D eigenvalue weighted by Crippen LogP contribution is 2.41. The maximum Gasteiger partial charge on any atom is 0.295 e. The molecule has 2 aromatic rings. The first-order chi connectivity index (χ1) is 14.5. The zero-order valence-corrected chi connectivity index (χ0v) is 16.9. The minimum absolute atomic E-state index is 0.0640. The average Bonchev–Trinajstić information content (AvgIpc) is 3.03. The zero-order valence-electron chi connectivity index (χ0n) is 16.9. The number of ether oxygens (including phenoxy) is 3. The van der Waals surface area contributed by atoms with Gasteiger partial charge in [-0.05, 0) is 42.0 Å². The molecule has 3 rings (SSSR count). The van der Waals surface area contributed by atoms with E-state index in [1.165, 1.54) is 26.2 Å². The molecular weight excluding hydrogens is 390 g/mol. The molecule has 0 saturated carbocycles. The number of aliphatic hydroxyl groups excluding tert-OH is 2. The van der Waals surface area contributed by atoms with Crippen LogP contribution in [0.3, 0.4) is 0 Å². The largest absolute Gasteiger partial charge is 0.507 e. The van der Waals surface area contributed by atoms with Crippen LogP contribution in [-0.4, -0.2) is 61.3 Å². The van der Waals surface area contributed by atoms with Gasteiger partial charge in [0, 0.05) is 12.1 Å². The number of aliphatic hydroxyl groups is 2. The van der Waals surface area contributed by atoms with Crippen LogP contribution in [0.2, 0.25) is 0 Å². The van der Waals surface area contributed by atoms with E-state index in [1.807, 2.05) is 0 Å². The number of nitrogens with zero attached hydrogens (tertiary/aromatic N) is 1. The summed E-state index contributed by atoms with van der Waals surface area (Å²) in [6.07, 6.45) is 0. The summed E-state index contributed by atoms with van der Waals surface area (Å²) in [7, 11) is 4.50. The molecule has 1 atom stereocenters. The summed E-state index contributed by atoms with van der Waals surface area (Å²) in [5.74, 6) is -0.444. The molecule has 1 unspecified atom stereocenters. The Kier molecular flexibility index (Phi) is 6.27. The lowest BCUT2D eigenvalue weighted by Crippen LogP contribution is -2.32. The first-order valence-electron chi connectivity index (χ1n) is 9.22. The topological polar surface area (TPSA) is 106 Å². The molecule has 8 nitrogen and oxygen atoms in total. The van der Waals surface area contributed by atoms with Gasteiger partial charge in [-0.25, -0.2) is 0 Å². The van der Waals surface area contributed by atoms with E-state index >= 15 is 0 Å². The van der Waals surface area contributed by atoms with Crippen molar-refractivity contribution in [3.05, 3.63) is 59.2 Å². The van der Waals surface area contributed by atoms with E-state index in [0.29, 0.717) is 28.4 Å². The summed E-state index contributed by atoms with van der Waals surface area (Å²) in [6, 6.07) is 10.6. The van der Waals surface area contributed by atoms with Gasteiger partial charge in [0.2, 0.25) is 0 Å². The van der Waals surface area contributed by atoms with Crippen LogP contribution < -0.4 is 14.2 Å². The summed E-state index contributed by atoms with van der Waals surface area (Å²) < 4.78 is 15.7.